The van der Waals surface area contributed by atoms with Gasteiger partial charge in [0.05, 0.1) is 25.3 Å². The summed E-state index contributed by atoms with van der Waals surface area (Å²) in [6.45, 7) is 1.85. The van der Waals surface area contributed by atoms with Gasteiger partial charge in [0.25, 0.3) is 0 Å². The first-order valence-corrected chi connectivity index (χ1v) is 5.07. The molecule has 0 aliphatic carbocycles. The third kappa shape index (κ3) is 3.68. The number of carbonyl (C=O) groups excluding carboxylic acids is 1. The van der Waals surface area contributed by atoms with Crippen LogP contribution in [0, 0.1) is 11.3 Å². The van der Waals surface area contributed by atoms with Crippen LogP contribution >= 0.6 is 0 Å². The van der Waals surface area contributed by atoms with Gasteiger partial charge in [0.15, 0.2) is 18.1 Å². The Labute approximate surface area is 99.5 Å². The van der Waals surface area contributed by atoms with Crippen molar-refractivity contribution in [3.63, 3.8) is 0 Å². The van der Waals surface area contributed by atoms with E-state index in [1.165, 1.54) is 7.11 Å². The van der Waals surface area contributed by atoms with Crippen LogP contribution in [-0.2, 0) is 9.53 Å². The maximum absolute atomic E-state index is 11.1. The van der Waals surface area contributed by atoms with E-state index in [4.69, 9.17) is 19.5 Å². The van der Waals surface area contributed by atoms with Crippen LogP contribution in [0.25, 0.3) is 0 Å². The number of rotatable bonds is 5. The van der Waals surface area contributed by atoms with Crippen molar-refractivity contribution in [1.29, 1.82) is 5.26 Å². The van der Waals surface area contributed by atoms with Crippen LogP contribution in [0.4, 0.5) is 0 Å². The summed E-state index contributed by atoms with van der Waals surface area (Å²) in [6, 6.07) is 6.70. The van der Waals surface area contributed by atoms with Crippen LogP contribution in [0.1, 0.15) is 12.5 Å². The van der Waals surface area contributed by atoms with E-state index >= 15 is 0 Å². The first-order valence-electron chi connectivity index (χ1n) is 5.07. The first-order chi connectivity index (χ1) is 8.21. The van der Waals surface area contributed by atoms with E-state index in [2.05, 4.69) is 0 Å². The molecule has 0 fully saturated rings. The third-order valence-corrected chi connectivity index (χ3v) is 1.94. The number of nitrogens with zero attached hydrogens (tertiary/aromatic N) is 1. The number of methoxy groups -OCH3 is 1. The van der Waals surface area contributed by atoms with E-state index in [0.29, 0.717) is 23.7 Å². The van der Waals surface area contributed by atoms with Crippen LogP contribution in [0.5, 0.6) is 11.5 Å². The van der Waals surface area contributed by atoms with E-state index in [1.54, 1.807) is 25.1 Å². The van der Waals surface area contributed by atoms with E-state index < -0.39 is 5.97 Å². The summed E-state index contributed by atoms with van der Waals surface area (Å²) in [7, 11) is 1.47. The molecule has 1 aromatic rings. The second-order valence-corrected chi connectivity index (χ2v) is 3.07. The summed E-state index contributed by atoms with van der Waals surface area (Å²) in [5, 5.41) is 8.72. The molecule has 0 bridgehead atoms. The van der Waals surface area contributed by atoms with E-state index in [0.717, 1.165) is 0 Å². The number of esters is 1. The predicted octanol–water partition coefficient (Wildman–Crippen LogP) is 1.51. The average molecular weight is 235 g/mol. The highest BCUT2D eigenvalue weighted by Crippen LogP contribution is 2.27. The molecule has 0 N–H and O–H groups in total. The smallest absolute Gasteiger partial charge is 0.344 e. The molecule has 0 unspecified atom stereocenters. The van der Waals surface area contributed by atoms with Crippen molar-refractivity contribution < 1.29 is 19.0 Å². The van der Waals surface area contributed by atoms with Gasteiger partial charge in [-0.25, -0.2) is 4.79 Å². The molecule has 0 spiro atoms. The molecule has 0 atom stereocenters. The topological polar surface area (TPSA) is 68.5 Å². The third-order valence-electron chi connectivity index (χ3n) is 1.94. The molecule has 0 aliphatic rings. The van der Waals surface area contributed by atoms with Gasteiger partial charge in [-0.1, -0.05) is 0 Å². The van der Waals surface area contributed by atoms with Gasteiger partial charge in [-0.05, 0) is 19.1 Å². The highest BCUT2D eigenvalue weighted by molar-refractivity contribution is 5.71. The van der Waals surface area contributed by atoms with Crippen LogP contribution in [0.2, 0.25) is 0 Å². The minimum atomic E-state index is -0.445. The molecule has 0 aromatic heterocycles. The largest absolute Gasteiger partial charge is 0.493 e. The molecular formula is C12H13NO4. The lowest BCUT2D eigenvalue weighted by atomic mass is 10.2. The van der Waals surface area contributed by atoms with E-state index in [9.17, 15) is 4.79 Å². The lowest BCUT2D eigenvalue weighted by molar-refractivity contribution is -0.145. The Hall–Kier alpha value is -2.22. The molecule has 0 aliphatic heterocycles. The monoisotopic (exact) mass is 235 g/mol. The lowest BCUT2D eigenvalue weighted by Crippen LogP contribution is -2.14. The van der Waals surface area contributed by atoms with Gasteiger partial charge >= 0.3 is 5.97 Å². The molecule has 1 aromatic carbocycles. The first kappa shape index (κ1) is 12.8. The van der Waals surface area contributed by atoms with Crippen molar-refractivity contribution in [2.24, 2.45) is 0 Å². The maximum atomic E-state index is 11.1. The summed E-state index contributed by atoms with van der Waals surface area (Å²) in [5.74, 6) is 0.367. The number of hydrogen-bond donors (Lipinski definition) is 0. The number of benzene rings is 1. The Morgan fingerprint density at radius 1 is 1.41 bits per heavy atom. The molecular weight excluding hydrogens is 222 g/mol. The summed E-state index contributed by atoms with van der Waals surface area (Å²) < 4.78 is 15.0. The van der Waals surface area contributed by atoms with Crippen molar-refractivity contribution in [2.45, 2.75) is 6.92 Å². The molecule has 0 saturated carbocycles. The van der Waals surface area contributed by atoms with Crippen molar-refractivity contribution >= 4 is 5.97 Å². The highest BCUT2D eigenvalue weighted by Gasteiger charge is 2.08. The number of ether oxygens (including phenoxy) is 3. The Morgan fingerprint density at radius 3 is 2.76 bits per heavy atom. The zero-order valence-corrected chi connectivity index (χ0v) is 9.73. The molecule has 1 rings (SSSR count). The fourth-order valence-electron chi connectivity index (χ4n) is 1.20. The Bertz CT molecular complexity index is 437. The number of hydrogen-bond acceptors (Lipinski definition) is 5. The van der Waals surface area contributed by atoms with Crippen molar-refractivity contribution in [3.05, 3.63) is 23.8 Å². The zero-order valence-electron chi connectivity index (χ0n) is 9.73. The molecule has 90 valence electrons. The Kier molecular flexibility index (Phi) is 4.82. The molecule has 17 heavy (non-hydrogen) atoms. The summed E-state index contributed by atoms with van der Waals surface area (Å²) in [4.78, 5) is 11.1. The van der Waals surface area contributed by atoms with Gasteiger partial charge in [0.2, 0.25) is 0 Å². The standard InChI is InChI=1S/C12H13NO4/c1-3-16-12(14)8-17-10-5-4-9(7-13)6-11(10)15-2/h4-6H,3,8H2,1-2H3. The molecule has 0 amide bonds. The SMILES string of the molecule is CCOC(=O)COc1ccc(C#N)cc1OC. The van der Waals surface area contributed by atoms with Crippen LogP contribution in [0.15, 0.2) is 18.2 Å². The number of nitriles is 1. The average Bonchev–Trinajstić information content (AvgIpc) is 2.36. The van der Waals surface area contributed by atoms with Gasteiger partial charge in [-0.15, -0.1) is 0 Å². The Morgan fingerprint density at radius 2 is 2.18 bits per heavy atom. The van der Waals surface area contributed by atoms with Gasteiger partial charge in [-0.3, -0.25) is 0 Å². The summed E-state index contributed by atoms with van der Waals surface area (Å²) in [5.41, 5.74) is 0.463. The highest BCUT2D eigenvalue weighted by atomic mass is 16.6. The van der Waals surface area contributed by atoms with Crippen LogP contribution in [0.3, 0.4) is 0 Å². The van der Waals surface area contributed by atoms with Gasteiger partial charge < -0.3 is 14.2 Å². The minimum Gasteiger partial charge on any atom is -0.493 e. The second kappa shape index (κ2) is 6.38. The van der Waals surface area contributed by atoms with Crippen molar-refractivity contribution in [1.82, 2.24) is 0 Å². The van der Waals surface area contributed by atoms with Gasteiger partial charge in [-0.2, -0.15) is 5.26 Å². The predicted molar refractivity (Wildman–Crippen MR) is 59.8 cm³/mol. The normalized spacial score (nSPS) is 9.24. The van der Waals surface area contributed by atoms with Gasteiger partial charge in [0, 0.05) is 6.07 Å². The minimum absolute atomic E-state index is 0.184. The maximum Gasteiger partial charge on any atom is 0.344 e. The molecule has 0 saturated heterocycles. The quantitative estimate of drug-likeness (QED) is 0.723. The number of carbonyl (C=O) groups is 1. The molecule has 5 heteroatoms. The van der Waals surface area contributed by atoms with E-state index in [1.807, 2.05) is 6.07 Å². The second-order valence-electron chi connectivity index (χ2n) is 3.07. The fourth-order valence-corrected chi connectivity index (χ4v) is 1.20. The lowest BCUT2D eigenvalue weighted by Gasteiger charge is -2.10. The van der Waals surface area contributed by atoms with E-state index in [-0.39, 0.29) is 6.61 Å². The molecule has 0 heterocycles. The molecule has 5 nitrogen and oxygen atoms in total. The van der Waals surface area contributed by atoms with Crippen molar-refractivity contribution in [2.75, 3.05) is 20.3 Å². The zero-order chi connectivity index (χ0) is 12.7. The summed E-state index contributed by atoms with van der Waals surface area (Å²) >= 11 is 0. The fraction of sp³-hybridized carbons (Fsp3) is 0.333. The van der Waals surface area contributed by atoms with Crippen molar-refractivity contribution in [3.8, 4) is 17.6 Å². The van der Waals surface area contributed by atoms with Gasteiger partial charge in [0.1, 0.15) is 0 Å². The Balaban J connectivity index is 2.71. The summed E-state index contributed by atoms with van der Waals surface area (Å²) in [6.07, 6.45) is 0. The van der Waals surface area contributed by atoms with Crippen LogP contribution in [-0.4, -0.2) is 26.3 Å². The molecule has 0 radical (unpaired) electrons. The van der Waals surface area contributed by atoms with Crippen LogP contribution < -0.4 is 9.47 Å².